The summed E-state index contributed by atoms with van der Waals surface area (Å²) in [5, 5.41) is 0. The molecule has 1 fully saturated rings. The molecule has 134 valence electrons. The van der Waals surface area contributed by atoms with Crippen LogP contribution in [0.2, 0.25) is 0 Å². The van der Waals surface area contributed by atoms with Gasteiger partial charge in [0.2, 0.25) is 16.0 Å². The zero-order chi connectivity index (χ0) is 17.7. The monoisotopic (exact) mass is 364 g/mol. The van der Waals surface area contributed by atoms with Crippen LogP contribution in [0.25, 0.3) is 0 Å². The minimum atomic E-state index is -3.71. The van der Waals surface area contributed by atoms with Crippen molar-refractivity contribution in [3.8, 4) is 5.75 Å². The lowest BCUT2D eigenvalue weighted by Crippen LogP contribution is -2.37. The van der Waals surface area contributed by atoms with Gasteiger partial charge in [0, 0.05) is 19.3 Å². The third kappa shape index (κ3) is 4.25. The first-order valence-electron chi connectivity index (χ1n) is 7.87. The Morgan fingerprint density at radius 1 is 1.24 bits per heavy atom. The molecule has 1 saturated heterocycles. The lowest BCUT2D eigenvalue weighted by molar-refractivity contribution is 0.122. The molecule has 2 heterocycles. The Kier molecular flexibility index (Phi) is 5.47. The maximum absolute atomic E-state index is 12.5. The summed E-state index contributed by atoms with van der Waals surface area (Å²) in [6, 6.07) is 8.17. The van der Waals surface area contributed by atoms with Gasteiger partial charge in [-0.3, -0.25) is 0 Å². The van der Waals surface area contributed by atoms with Crippen molar-refractivity contribution in [2.75, 3.05) is 38.3 Å². The Morgan fingerprint density at radius 3 is 2.76 bits per heavy atom. The van der Waals surface area contributed by atoms with Gasteiger partial charge in [0.25, 0.3) is 0 Å². The van der Waals surface area contributed by atoms with E-state index in [0.29, 0.717) is 30.6 Å². The van der Waals surface area contributed by atoms with Crippen molar-refractivity contribution in [1.82, 2.24) is 14.7 Å². The third-order valence-electron chi connectivity index (χ3n) is 3.80. The molecule has 0 bridgehead atoms. The van der Waals surface area contributed by atoms with E-state index in [-0.39, 0.29) is 11.4 Å². The van der Waals surface area contributed by atoms with Gasteiger partial charge < -0.3 is 14.4 Å². The van der Waals surface area contributed by atoms with Gasteiger partial charge in [-0.1, -0.05) is 12.1 Å². The minimum absolute atomic E-state index is 0.0697. The normalized spacial score (nSPS) is 15.2. The topological polar surface area (TPSA) is 93.7 Å². The second kappa shape index (κ2) is 7.77. The molecule has 0 radical (unpaired) electrons. The number of anilines is 1. The van der Waals surface area contributed by atoms with Gasteiger partial charge in [-0.05, 0) is 18.2 Å². The SMILES string of the molecule is COc1ccccc1S(=O)(=O)NCc1ccnc(N2CCOCC2)n1. The summed E-state index contributed by atoms with van der Waals surface area (Å²) >= 11 is 0. The highest BCUT2D eigenvalue weighted by Crippen LogP contribution is 2.22. The number of ether oxygens (including phenoxy) is 2. The predicted molar refractivity (Wildman–Crippen MR) is 92.1 cm³/mol. The number of methoxy groups -OCH3 is 1. The fourth-order valence-electron chi connectivity index (χ4n) is 2.49. The summed E-state index contributed by atoms with van der Waals surface area (Å²) in [7, 11) is -2.27. The first-order valence-corrected chi connectivity index (χ1v) is 9.36. The van der Waals surface area contributed by atoms with Gasteiger partial charge in [0.1, 0.15) is 10.6 Å². The van der Waals surface area contributed by atoms with E-state index < -0.39 is 10.0 Å². The number of sulfonamides is 1. The smallest absolute Gasteiger partial charge is 0.244 e. The molecule has 25 heavy (non-hydrogen) atoms. The average Bonchev–Trinajstić information content (AvgIpc) is 2.67. The van der Waals surface area contributed by atoms with E-state index in [1.54, 1.807) is 30.5 Å². The van der Waals surface area contributed by atoms with Crippen molar-refractivity contribution < 1.29 is 17.9 Å². The Labute approximate surface area is 146 Å². The van der Waals surface area contributed by atoms with Gasteiger partial charge >= 0.3 is 0 Å². The lowest BCUT2D eigenvalue weighted by Gasteiger charge is -2.26. The lowest BCUT2D eigenvalue weighted by atomic mass is 10.3. The molecule has 2 aromatic rings. The van der Waals surface area contributed by atoms with Crippen LogP contribution in [0.3, 0.4) is 0 Å². The summed E-state index contributed by atoms with van der Waals surface area (Å²) in [4.78, 5) is 10.8. The first-order chi connectivity index (χ1) is 12.1. The number of aromatic nitrogens is 2. The van der Waals surface area contributed by atoms with Crippen molar-refractivity contribution in [3.63, 3.8) is 0 Å². The maximum Gasteiger partial charge on any atom is 0.244 e. The van der Waals surface area contributed by atoms with E-state index in [2.05, 4.69) is 14.7 Å². The van der Waals surface area contributed by atoms with Crippen LogP contribution in [0.4, 0.5) is 5.95 Å². The van der Waals surface area contributed by atoms with Crippen molar-refractivity contribution in [3.05, 3.63) is 42.2 Å². The van der Waals surface area contributed by atoms with Crippen LogP contribution in [0.5, 0.6) is 5.75 Å². The zero-order valence-electron chi connectivity index (χ0n) is 13.9. The van der Waals surface area contributed by atoms with Crippen molar-refractivity contribution in [2.24, 2.45) is 0 Å². The molecule has 1 aromatic carbocycles. The molecule has 3 rings (SSSR count). The van der Waals surface area contributed by atoms with Gasteiger partial charge in [-0.25, -0.2) is 23.1 Å². The van der Waals surface area contributed by atoms with Crippen LogP contribution in [0, 0.1) is 0 Å². The van der Waals surface area contributed by atoms with Gasteiger partial charge in [-0.2, -0.15) is 0 Å². The molecule has 1 aliphatic rings. The van der Waals surface area contributed by atoms with E-state index in [1.807, 2.05) is 4.90 Å². The first kappa shape index (κ1) is 17.6. The molecule has 0 atom stereocenters. The van der Waals surface area contributed by atoms with Crippen molar-refractivity contribution in [1.29, 1.82) is 0 Å². The third-order valence-corrected chi connectivity index (χ3v) is 5.24. The average molecular weight is 364 g/mol. The van der Waals surface area contributed by atoms with Gasteiger partial charge in [0.15, 0.2) is 0 Å². The Bertz CT molecular complexity index is 822. The number of para-hydroxylation sites is 1. The number of nitrogens with zero attached hydrogens (tertiary/aromatic N) is 3. The molecule has 1 aromatic heterocycles. The number of rotatable bonds is 6. The van der Waals surface area contributed by atoms with Crippen LogP contribution in [0.1, 0.15) is 5.69 Å². The number of nitrogens with one attached hydrogen (secondary N) is 1. The molecule has 1 N–H and O–H groups in total. The Balaban J connectivity index is 1.72. The largest absolute Gasteiger partial charge is 0.495 e. The summed E-state index contributed by atoms with van der Waals surface area (Å²) in [5.41, 5.74) is 0.593. The summed E-state index contributed by atoms with van der Waals surface area (Å²) in [5.74, 6) is 0.879. The second-order valence-corrected chi connectivity index (χ2v) is 7.16. The highest BCUT2D eigenvalue weighted by Gasteiger charge is 2.19. The Morgan fingerprint density at radius 2 is 2.00 bits per heavy atom. The zero-order valence-corrected chi connectivity index (χ0v) is 14.7. The van der Waals surface area contributed by atoms with Crippen LogP contribution in [0.15, 0.2) is 41.4 Å². The predicted octanol–water partition coefficient (Wildman–Crippen LogP) is 0.800. The van der Waals surface area contributed by atoms with E-state index in [9.17, 15) is 8.42 Å². The standard InChI is InChI=1S/C16H20N4O4S/c1-23-14-4-2-3-5-15(14)25(21,22)18-12-13-6-7-17-16(19-13)20-8-10-24-11-9-20/h2-7,18H,8-12H2,1H3. The number of morpholine rings is 1. The molecule has 0 amide bonds. The molecule has 1 aliphatic heterocycles. The fourth-order valence-corrected chi connectivity index (χ4v) is 3.65. The number of hydrogen-bond acceptors (Lipinski definition) is 7. The van der Waals surface area contributed by atoms with Crippen molar-refractivity contribution in [2.45, 2.75) is 11.4 Å². The molecule has 8 nitrogen and oxygen atoms in total. The van der Waals surface area contributed by atoms with Crippen LogP contribution >= 0.6 is 0 Å². The highest BCUT2D eigenvalue weighted by molar-refractivity contribution is 7.89. The number of benzene rings is 1. The quantitative estimate of drug-likeness (QED) is 0.810. The van der Waals surface area contributed by atoms with Crippen LogP contribution in [-0.2, 0) is 21.3 Å². The molecule has 9 heteroatoms. The molecule has 0 aliphatic carbocycles. The molecule has 0 spiro atoms. The molecular formula is C16H20N4O4S. The van der Waals surface area contributed by atoms with Crippen LogP contribution < -0.4 is 14.4 Å². The summed E-state index contributed by atoms with van der Waals surface area (Å²) in [6.45, 7) is 2.77. The summed E-state index contributed by atoms with van der Waals surface area (Å²) in [6.07, 6.45) is 1.63. The fraction of sp³-hybridized carbons (Fsp3) is 0.375. The van der Waals surface area contributed by atoms with E-state index in [4.69, 9.17) is 9.47 Å². The highest BCUT2D eigenvalue weighted by atomic mass is 32.2. The second-order valence-electron chi connectivity index (χ2n) is 5.42. The molecule has 0 unspecified atom stereocenters. The van der Waals surface area contributed by atoms with Crippen molar-refractivity contribution >= 4 is 16.0 Å². The summed E-state index contributed by atoms with van der Waals surface area (Å²) < 4.78 is 38.0. The minimum Gasteiger partial charge on any atom is -0.495 e. The Hall–Kier alpha value is -2.23. The molecular weight excluding hydrogens is 344 g/mol. The van der Waals surface area contributed by atoms with E-state index in [0.717, 1.165) is 13.1 Å². The van der Waals surface area contributed by atoms with Gasteiger partial charge in [-0.15, -0.1) is 0 Å². The number of hydrogen-bond donors (Lipinski definition) is 1. The van der Waals surface area contributed by atoms with Crippen LogP contribution in [-0.4, -0.2) is 51.8 Å². The van der Waals surface area contributed by atoms with Gasteiger partial charge in [0.05, 0.1) is 32.6 Å². The maximum atomic E-state index is 12.5. The molecule has 0 saturated carbocycles. The van der Waals surface area contributed by atoms with E-state index >= 15 is 0 Å². The van der Waals surface area contributed by atoms with E-state index in [1.165, 1.54) is 13.2 Å².